The Labute approximate surface area is 124 Å². The van der Waals surface area contributed by atoms with Crippen molar-refractivity contribution in [2.45, 2.75) is 45.7 Å². The third kappa shape index (κ3) is 1.83. The zero-order valence-electron chi connectivity index (χ0n) is 13.3. The average Bonchev–Trinajstić information content (AvgIpc) is 3.08. The summed E-state index contributed by atoms with van der Waals surface area (Å²) >= 11 is 0. The molecule has 0 radical (unpaired) electrons. The molecule has 4 saturated carbocycles. The second kappa shape index (κ2) is 4.62. The molecular formula is C17H24F3ORf-. The molecule has 4 aliphatic rings. The molecule has 0 aromatic rings. The summed E-state index contributed by atoms with van der Waals surface area (Å²) in [5.74, 6) is 5.68. The van der Waals surface area contributed by atoms with Gasteiger partial charge in [-0.25, -0.2) is 13.2 Å². The van der Waals surface area contributed by atoms with Crippen LogP contribution in [0, 0.1) is 59.4 Å². The molecule has 4 bridgehead atoms. The third-order valence-electron chi connectivity index (χ3n) is 7.76. The van der Waals surface area contributed by atoms with Crippen molar-refractivity contribution in [2.75, 3.05) is 0 Å². The fourth-order valence-electron chi connectivity index (χ4n) is 6.96. The van der Waals surface area contributed by atoms with Crippen LogP contribution in [-0.4, -0.2) is 11.3 Å². The topological polar surface area (TPSA) is 20.2 Å². The predicted octanol–water partition coefficient (Wildman–Crippen LogP) is 4.65. The van der Waals surface area contributed by atoms with Crippen molar-refractivity contribution in [1.82, 2.24) is 0 Å². The fourth-order valence-corrected chi connectivity index (χ4v) is 6.96. The molecule has 0 aromatic carbocycles. The molecule has 9 atom stereocenters. The Morgan fingerprint density at radius 1 is 0.955 bits per heavy atom. The van der Waals surface area contributed by atoms with Crippen LogP contribution in [0.25, 0.3) is 0 Å². The first-order valence-electron chi connectivity index (χ1n) is 8.41. The summed E-state index contributed by atoms with van der Waals surface area (Å²) in [7, 11) is 0. The summed E-state index contributed by atoms with van der Waals surface area (Å²) < 4.78 is 37.8. The first kappa shape index (κ1) is 15.6. The van der Waals surface area contributed by atoms with Gasteiger partial charge in [-0.15, -0.1) is 6.42 Å². The summed E-state index contributed by atoms with van der Waals surface area (Å²) in [4.78, 5) is 0. The minimum absolute atomic E-state index is 0. The largest absolute Gasteiger partial charge is 0.554 e. The van der Waals surface area contributed by atoms with Gasteiger partial charge in [-0.1, -0.05) is 25.9 Å². The van der Waals surface area contributed by atoms with Gasteiger partial charge in [0.15, 0.2) is 0 Å². The average molecular weight is 568 g/mol. The fraction of sp³-hybridized carbons (Fsp3) is 0.941. The van der Waals surface area contributed by atoms with Crippen molar-refractivity contribution in [1.29, 1.82) is 0 Å². The van der Waals surface area contributed by atoms with Crippen LogP contribution in [0.15, 0.2) is 0 Å². The van der Waals surface area contributed by atoms with Crippen LogP contribution in [-0.2, 0) is 0 Å². The van der Waals surface area contributed by atoms with E-state index in [0.717, 1.165) is 42.4 Å². The molecule has 0 spiro atoms. The van der Waals surface area contributed by atoms with E-state index in [-0.39, 0.29) is 12.3 Å². The molecular weight excluding hydrogens is 544 g/mol. The zero-order chi connectivity index (χ0) is 15.1. The van der Waals surface area contributed by atoms with Crippen molar-refractivity contribution < 1.29 is 18.3 Å². The van der Waals surface area contributed by atoms with Crippen LogP contribution in [0.1, 0.15) is 39.5 Å². The number of hydrogen-bond acceptors (Lipinski definition) is 1. The number of rotatable bonds is 2. The molecule has 22 heavy (non-hydrogen) atoms. The Hall–Kier alpha value is -1.25. The summed E-state index contributed by atoms with van der Waals surface area (Å²) in [5, 5.41) is 9.33. The molecule has 0 amide bonds. The Morgan fingerprint density at radius 2 is 1.55 bits per heavy atom. The Bertz CT molecular complexity index is 440. The normalized spacial score (nSPS) is 52.2. The van der Waals surface area contributed by atoms with Crippen molar-refractivity contribution in [3.05, 3.63) is 6.10 Å². The maximum absolute atomic E-state index is 12.6. The van der Waals surface area contributed by atoms with Gasteiger partial charge in [-0.05, 0) is 66.6 Å². The number of aliphatic hydroxyl groups excluding tert-OH is 1. The van der Waals surface area contributed by atoms with Crippen molar-refractivity contribution in [3.8, 4) is 0 Å². The SMILES string of the molecule is CC1C(C)C2CC1C1C3CC(C[C-](O)C(F)(F)F)C(C3)C21.[Rf]. The van der Waals surface area contributed by atoms with Gasteiger partial charge in [0.05, 0.1) is 0 Å². The van der Waals surface area contributed by atoms with Gasteiger partial charge < -0.3 is 5.11 Å². The van der Waals surface area contributed by atoms with Crippen molar-refractivity contribution >= 4 is 0 Å². The Kier molecular flexibility index (Phi) is 3.29. The molecule has 4 aliphatic carbocycles. The van der Waals surface area contributed by atoms with Gasteiger partial charge in [0.1, 0.15) is 0 Å². The van der Waals surface area contributed by atoms with Gasteiger partial charge in [0, 0.05) is 0 Å². The van der Waals surface area contributed by atoms with E-state index in [2.05, 4.69) is 13.8 Å². The molecule has 1 nitrogen and oxygen atoms in total. The number of hydrogen-bond donors (Lipinski definition) is 1. The number of halogens is 3. The second-order valence-corrected chi connectivity index (χ2v) is 8.24. The quantitative estimate of drug-likeness (QED) is 0.380. The maximum atomic E-state index is 12.6. The Balaban J connectivity index is 0.00000144. The van der Waals surface area contributed by atoms with Crippen LogP contribution >= 0.6 is 0 Å². The van der Waals surface area contributed by atoms with E-state index >= 15 is 0 Å². The summed E-state index contributed by atoms with van der Waals surface area (Å²) in [6.07, 6.45) is -2.58. The van der Waals surface area contributed by atoms with Gasteiger partial charge in [-0.2, -0.15) is 0 Å². The smallest absolute Gasteiger partial charge is 0.294 e. The molecule has 4 rings (SSSR count). The molecule has 1 N–H and O–H groups in total. The first-order valence-corrected chi connectivity index (χ1v) is 8.41. The maximum Gasteiger partial charge on any atom is 0.294 e. The molecule has 5 heteroatoms. The second-order valence-electron chi connectivity index (χ2n) is 8.24. The molecule has 4 fully saturated rings. The first-order chi connectivity index (χ1) is 9.79. The summed E-state index contributed by atoms with van der Waals surface area (Å²) in [5.41, 5.74) is 0. The van der Waals surface area contributed by atoms with E-state index < -0.39 is 12.3 Å². The molecule has 0 saturated heterocycles. The van der Waals surface area contributed by atoms with E-state index in [9.17, 15) is 18.3 Å². The summed E-state index contributed by atoms with van der Waals surface area (Å²) in [6.45, 7) is 4.71. The molecule has 9 unspecified atom stereocenters. The van der Waals surface area contributed by atoms with Crippen LogP contribution in [0.5, 0.6) is 0 Å². The number of alkyl halides is 3. The van der Waals surface area contributed by atoms with E-state index in [1.807, 2.05) is 0 Å². The van der Waals surface area contributed by atoms with Crippen LogP contribution in [0.2, 0.25) is 0 Å². The van der Waals surface area contributed by atoms with Crippen molar-refractivity contribution in [2.24, 2.45) is 53.3 Å². The van der Waals surface area contributed by atoms with Crippen LogP contribution < -0.4 is 0 Å². The Morgan fingerprint density at radius 3 is 2.14 bits per heavy atom. The molecule has 0 heterocycles. The zero-order valence-corrected chi connectivity index (χ0v) is 19.7. The molecule has 0 aromatic heterocycles. The third-order valence-corrected chi connectivity index (χ3v) is 7.76. The number of fused-ring (bicyclic) bond motifs is 9. The van der Waals surface area contributed by atoms with E-state index in [1.54, 1.807) is 0 Å². The van der Waals surface area contributed by atoms with Gasteiger partial charge in [0.2, 0.25) is 0 Å². The number of aliphatic hydroxyl groups is 1. The molecule has 0 aliphatic heterocycles. The van der Waals surface area contributed by atoms with E-state index in [1.165, 1.54) is 6.42 Å². The molecule has 122 valence electrons. The van der Waals surface area contributed by atoms with Crippen LogP contribution in [0.4, 0.5) is 13.2 Å². The van der Waals surface area contributed by atoms with E-state index in [0.29, 0.717) is 17.8 Å². The minimum Gasteiger partial charge on any atom is -0.554 e. The summed E-state index contributed by atoms with van der Waals surface area (Å²) in [6, 6.07) is 0. The minimum atomic E-state index is -4.53. The van der Waals surface area contributed by atoms with E-state index in [4.69, 9.17) is 0 Å². The monoisotopic (exact) mass is 568 g/mol. The van der Waals surface area contributed by atoms with Gasteiger partial charge >= 0.3 is 0 Å². The van der Waals surface area contributed by atoms with Gasteiger partial charge in [0.25, 0.3) is 6.18 Å². The van der Waals surface area contributed by atoms with Gasteiger partial charge in [-0.3, -0.25) is 0 Å². The van der Waals surface area contributed by atoms with Crippen LogP contribution in [0.3, 0.4) is 0 Å². The predicted molar refractivity (Wildman–Crippen MR) is 72.5 cm³/mol. The standard InChI is InChI=1S/C17H24F3O.Rf/c1-7-8(2)12-6-11(7)15-10-3-9(13(4-10)16(12)15)5-14(21)17(18,19)20;/h7-13,15-16,21H,3-6H2,1-2H3;/q-1;. The van der Waals surface area contributed by atoms with Crippen molar-refractivity contribution in [3.63, 3.8) is 0 Å².